The van der Waals surface area contributed by atoms with Gasteiger partial charge in [-0.2, -0.15) is 0 Å². The minimum absolute atomic E-state index is 0.142. The summed E-state index contributed by atoms with van der Waals surface area (Å²) in [6.07, 6.45) is 1.81. The molecule has 0 spiro atoms. The van der Waals surface area contributed by atoms with Gasteiger partial charge in [0, 0.05) is 0 Å². The number of esters is 1. The molecule has 0 aliphatic rings. The lowest BCUT2D eigenvalue weighted by atomic mass is 10.5. The molecule has 15 heavy (non-hydrogen) atoms. The summed E-state index contributed by atoms with van der Waals surface area (Å²) in [5.41, 5.74) is 4.94. The van der Waals surface area contributed by atoms with Gasteiger partial charge < -0.3 is 10.5 Å². The molecule has 0 aliphatic carbocycles. The number of carbonyl (C=O) groups excluding carboxylic acids is 2. The van der Waals surface area contributed by atoms with Gasteiger partial charge in [0.2, 0.25) is 0 Å². The van der Waals surface area contributed by atoms with E-state index in [0.717, 1.165) is 11.3 Å². The summed E-state index contributed by atoms with van der Waals surface area (Å²) < 4.78 is 5.20. The average Bonchev–Trinajstić information content (AvgIpc) is 2.59. The summed E-state index contributed by atoms with van der Waals surface area (Å²) in [6, 6.07) is -0.766. The largest absolute Gasteiger partial charge is 0.465 e. The quantitative estimate of drug-likeness (QED) is 0.617. The Hall–Kier alpha value is -1.28. The summed E-state index contributed by atoms with van der Waals surface area (Å²) in [5, 5.41) is 2.27. The normalized spacial score (nSPS) is 9.73. The maximum atomic E-state index is 11.3. The first-order valence-electron chi connectivity index (χ1n) is 3.78. The number of hydrogen-bond donors (Lipinski definition) is 2. The zero-order valence-corrected chi connectivity index (χ0v) is 9.70. The molecular weight excluding hydrogens is 238 g/mol. The predicted molar refractivity (Wildman–Crippen MR) is 58.4 cm³/mol. The third-order valence-electron chi connectivity index (χ3n) is 1.39. The number of methoxy groups -OCH3 is 1. The molecule has 0 unspecified atom stereocenters. The van der Waals surface area contributed by atoms with Crippen LogP contribution in [0.25, 0.3) is 0 Å². The van der Waals surface area contributed by atoms with E-state index in [9.17, 15) is 9.59 Å². The Balaban J connectivity index is 3.05. The van der Waals surface area contributed by atoms with E-state index in [4.69, 9.17) is 5.73 Å². The highest BCUT2D eigenvalue weighted by Gasteiger charge is 2.19. The van der Waals surface area contributed by atoms with Gasteiger partial charge in [-0.1, -0.05) is 23.1 Å². The molecule has 1 aromatic heterocycles. The van der Waals surface area contributed by atoms with E-state index in [1.807, 2.05) is 6.26 Å². The van der Waals surface area contributed by atoms with Crippen molar-refractivity contribution in [2.24, 2.45) is 5.73 Å². The fourth-order valence-corrected chi connectivity index (χ4v) is 2.26. The van der Waals surface area contributed by atoms with Crippen molar-refractivity contribution in [1.82, 2.24) is 4.98 Å². The Labute approximate surface area is 94.2 Å². The van der Waals surface area contributed by atoms with Gasteiger partial charge in [0.1, 0.15) is 0 Å². The number of nitrogens with one attached hydrogen (secondary N) is 1. The van der Waals surface area contributed by atoms with Gasteiger partial charge in [0.25, 0.3) is 0 Å². The Morgan fingerprint density at radius 3 is 2.73 bits per heavy atom. The zero-order valence-electron chi connectivity index (χ0n) is 8.07. The molecule has 6 nitrogen and oxygen atoms in total. The second-order valence-electron chi connectivity index (χ2n) is 2.34. The molecule has 0 atom stereocenters. The van der Waals surface area contributed by atoms with Gasteiger partial charge >= 0.3 is 12.0 Å². The van der Waals surface area contributed by atoms with Gasteiger partial charge in [0.15, 0.2) is 15.0 Å². The van der Waals surface area contributed by atoms with Gasteiger partial charge in [-0.25, -0.2) is 14.6 Å². The van der Waals surface area contributed by atoms with Crippen LogP contribution in [0.15, 0.2) is 4.34 Å². The van der Waals surface area contributed by atoms with Crippen molar-refractivity contribution in [2.45, 2.75) is 4.34 Å². The number of primary amides is 1. The number of amides is 2. The fourth-order valence-electron chi connectivity index (χ4n) is 0.820. The Bertz CT molecular complexity index is 391. The number of ether oxygens (including phenoxy) is 1. The highest BCUT2D eigenvalue weighted by Crippen LogP contribution is 2.29. The summed E-state index contributed by atoms with van der Waals surface area (Å²) in [7, 11) is 1.26. The fraction of sp³-hybridized carbons (Fsp3) is 0.286. The summed E-state index contributed by atoms with van der Waals surface area (Å²) in [6.45, 7) is 0. The maximum absolute atomic E-state index is 11.3. The van der Waals surface area contributed by atoms with Crippen molar-refractivity contribution < 1.29 is 14.3 Å². The van der Waals surface area contributed by atoms with Crippen LogP contribution in [-0.2, 0) is 4.74 Å². The average molecular weight is 247 g/mol. The molecule has 0 bridgehead atoms. The van der Waals surface area contributed by atoms with E-state index in [1.165, 1.54) is 18.9 Å². The van der Waals surface area contributed by atoms with Gasteiger partial charge in [-0.05, 0) is 6.26 Å². The molecule has 1 rings (SSSR count). The molecule has 0 fully saturated rings. The second-order valence-corrected chi connectivity index (χ2v) is 4.39. The highest BCUT2D eigenvalue weighted by atomic mass is 32.2. The van der Waals surface area contributed by atoms with Gasteiger partial charge in [-0.3, -0.25) is 5.32 Å². The van der Waals surface area contributed by atoms with Crippen LogP contribution in [-0.4, -0.2) is 30.3 Å². The van der Waals surface area contributed by atoms with Crippen molar-refractivity contribution in [2.75, 3.05) is 18.7 Å². The molecule has 0 aromatic carbocycles. The molecular formula is C7H9N3O3S2. The minimum Gasteiger partial charge on any atom is -0.465 e. The van der Waals surface area contributed by atoms with E-state index in [2.05, 4.69) is 15.0 Å². The Morgan fingerprint density at radius 2 is 2.27 bits per heavy atom. The van der Waals surface area contributed by atoms with Crippen molar-refractivity contribution in [3.63, 3.8) is 0 Å². The number of nitrogens with zero attached hydrogens (tertiary/aromatic N) is 1. The maximum Gasteiger partial charge on any atom is 0.351 e. The number of urea groups is 1. The van der Waals surface area contributed by atoms with E-state index >= 15 is 0 Å². The van der Waals surface area contributed by atoms with Crippen LogP contribution in [0.5, 0.6) is 0 Å². The van der Waals surface area contributed by atoms with E-state index in [1.54, 1.807) is 0 Å². The lowest BCUT2D eigenvalue weighted by molar-refractivity contribution is 0.0607. The lowest BCUT2D eigenvalue weighted by Crippen LogP contribution is -2.21. The first kappa shape index (κ1) is 11.8. The molecule has 0 aliphatic heterocycles. The first-order valence-corrected chi connectivity index (χ1v) is 5.82. The molecule has 0 radical (unpaired) electrons. The molecule has 3 N–H and O–H groups in total. The minimum atomic E-state index is -0.766. The molecule has 0 saturated heterocycles. The van der Waals surface area contributed by atoms with E-state index in [-0.39, 0.29) is 10.7 Å². The summed E-state index contributed by atoms with van der Waals surface area (Å²) in [4.78, 5) is 26.2. The van der Waals surface area contributed by atoms with Crippen LogP contribution >= 0.6 is 23.1 Å². The number of carbonyl (C=O) groups is 2. The van der Waals surface area contributed by atoms with Gasteiger partial charge in [0.05, 0.1) is 7.11 Å². The molecule has 8 heteroatoms. The van der Waals surface area contributed by atoms with Crippen LogP contribution in [0.4, 0.5) is 10.6 Å². The standard InChI is InChI=1S/C7H9N3O3S2/c1-13-5(11)3-4(9-6(8)12)10-7(14-2)15-3/h1-2H3,(H3,8,9,12). The first-order chi connectivity index (χ1) is 7.08. The predicted octanol–water partition coefficient (Wildman–Crippen LogP) is 1.14. The van der Waals surface area contributed by atoms with Crippen LogP contribution in [0.3, 0.4) is 0 Å². The Kier molecular flexibility index (Phi) is 3.92. The molecule has 1 aromatic rings. The number of anilines is 1. The molecule has 2 amide bonds. The third kappa shape index (κ3) is 2.83. The SMILES string of the molecule is COC(=O)c1sc(SC)nc1NC(N)=O. The van der Waals surface area contributed by atoms with Gasteiger partial charge in [-0.15, -0.1) is 0 Å². The van der Waals surface area contributed by atoms with Crippen molar-refractivity contribution in [3.05, 3.63) is 4.88 Å². The number of nitrogens with two attached hydrogens (primary N) is 1. The van der Waals surface area contributed by atoms with Crippen LogP contribution in [0.1, 0.15) is 9.67 Å². The number of thiazole rings is 1. The highest BCUT2D eigenvalue weighted by molar-refractivity contribution is 8.00. The van der Waals surface area contributed by atoms with Crippen molar-refractivity contribution in [3.8, 4) is 0 Å². The number of aromatic nitrogens is 1. The molecule has 1 heterocycles. The Morgan fingerprint density at radius 1 is 1.60 bits per heavy atom. The van der Waals surface area contributed by atoms with E-state index in [0.29, 0.717) is 4.34 Å². The second kappa shape index (κ2) is 4.99. The smallest absolute Gasteiger partial charge is 0.351 e. The zero-order chi connectivity index (χ0) is 11.4. The third-order valence-corrected chi connectivity index (χ3v) is 3.42. The monoisotopic (exact) mass is 247 g/mol. The molecule has 82 valence electrons. The summed E-state index contributed by atoms with van der Waals surface area (Å²) in [5.74, 6) is -0.403. The topological polar surface area (TPSA) is 94.3 Å². The van der Waals surface area contributed by atoms with Crippen molar-refractivity contribution >= 4 is 40.9 Å². The number of rotatable bonds is 3. The van der Waals surface area contributed by atoms with Crippen LogP contribution in [0, 0.1) is 0 Å². The van der Waals surface area contributed by atoms with Crippen LogP contribution in [0.2, 0.25) is 0 Å². The van der Waals surface area contributed by atoms with Crippen molar-refractivity contribution in [1.29, 1.82) is 0 Å². The summed E-state index contributed by atoms with van der Waals surface area (Å²) >= 11 is 2.51. The molecule has 0 saturated carbocycles. The number of hydrogen-bond acceptors (Lipinski definition) is 6. The number of thioether (sulfide) groups is 1. The van der Waals surface area contributed by atoms with Crippen LogP contribution < -0.4 is 11.1 Å². The van der Waals surface area contributed by atoms with E-state index < -0.39 is 12.0 Å². The lowest BCUT2D eigenvalue weighted by Gasteiger charge is -1.99.